The van der Waals surface area contributed by atoms with Crippen LogP contribution < -0.4 is 5.11 Å². The molecule has 0 saturated carbocycles. The first-order valence-electron chi connectivity index (χ1n) is 5.82. The molecule has 0 radical (unpaired) electrons. The number of carbonyl (C=O) groups excluding carboxylic acids is 2. The normalized spacial score (nSPS) is 13.1. The van der Waals surface area contributed by atoms with Crippen LogP contribution in [0.2, 0.25) is 5.02 Å². The van der Waals surface area contributed by atoms with Crippen molar-refractivity contribution in [2.45, 2.75) is 25.9 Å². The van der Waals surface area contributed by atoms with Crippen LogP contribution in [0.15, 0.2) is 18.2 Å². The summed E-state index contributed by atoms with van der Waals surface area (Å²) in [7, 11) is 0. The van der Waals surface area contributed by atoms with E-state index in [9.17, 15) is 23.5 Å². The molecule has 0 aliphatic heterocycles. The molecule has 0 aromatic heterocycles. The van der Waals surface area contributed by atoms with Crippen molar-refractivity contribution in [3.05, 3.63) is 32.4 Å². The Labute approximate surface area is 138 Å². The van der Waals surface area contributed by atoms with Crippen molar-refractivity contribution in [2.24, 2.45) is 5.92 Å². The Balaban J connectivity index is 3.02. The zero-order valence-electron chi connectivity index (χ0n) is 11.0. The number of rotatable bonds is 5. The fourth-order valence-electron chi connectivity index (χ4n) is 1.55. The highest BCUT2D eigenvalue weighted by molar-refractivity contribution is 14.1. The summed E-state index contributed by atoms with van der Waals surface area (Å²) >= 11 is 7.66. The van der Waals surface area contributed by atoms with E-state index in [4.69, 9.17) is 11.6 Å². The van der Waals surface area contributed by atoms with Gasteiger partial charge in [0.15, 0.2) is 6.10 Å². The number of ether oxygens (including phenoxy) is 1. The van der Waals surface area contributed by atoms with Crippen molar-refractivity contribution in [3.63, 3.8) is 0 Å². The van der Waals surface area contributed by atoms with E-state index in [1.807, 2.05) is 22.6 Å². The summed E-state index contributed by atoms with van der Waals surface area (Å²) in [4.78, 5) is 22.4. The van der Waals surface area contributed by atoms with Crippen molar-refractivity contribution in [1.29, 1.82) is 0 Å². The molecular formula is C13H11ClF2IO4-. The van der Waals surface area contributed by atoms with E-state index in [2.05, 4.69) is 4.74 Å². The van der Waals surface area contributed by atoms with Gasteiger partial charge < -0.3 is 14.6 Å². The van der Waals surface area contributed by atoms with Crippen LogP contribution in [0, 0.1) is 9.49 Å². The quantitative estimate of drug-likeness (QED) is 0.531. The average molecular weight is 432 g/mol. The minimum Gasteiger partial charge on any atom is -0.544 e. The van der Waals surface area contributed by atoms with Gasteiger partial charge in [-0.05, 0) is 46.7 Å². The molecule has 21 heavy (non-hydrogen) atoms. The van der Waals surface area contributed by atoms with Crippen molar-refractivity contribution in [2.75, 3.05) is 0 Å². The second-order valence-corrected chi connectivity index (χ2v) is 6.18. The first kappa shape index (κ1) is 18.1. The predicted octanol–water partition coefficient (Wildman–Crippen LogP) is 2.51. The van der Waals surface area contributed by atoms with Crippen LogP contribution in [-0.2, 0) is 9.53 Å². The van der Waals surface area contributed by atoms with Gasteiger partial charge >= 0.3 is 11.9 Å². The van der Waals surface area contributed by atoms with Gasteiger partial charge in [0.25, 0.3) is 0 Å². The van der Waals surface area contributed by atoms with Gasteiger partial charge in [-0.1, -0.05) is 25.4 Å². The van der Waals surface area contributed by atoms with Crippen LogP contribution >= 0.6 is 34.2 Å². The van der Waals surface area contributed by atoms with Crippen LogP contribution in [0.1, 0.15) is 24.2 Å². The minimum absolute atomic E-state index is 0.00333. The Morgan fingerprint density at radius 1 is 1.38 bits per heavy atom. The van der Waals surface area contributed by atoms with Crippen LogP contribution in [0.4, 0.5) is 8.78 Å². The number of aliphatic carboxylic acids is 1. The predicted molar refractivity (Wildman–Crippen MR) is 78.2 cm³/mol. The molecule has 0 aliphatic carbocycles. The van der Waals surface area contributed by atoms with Crippen LogP contribution in [0.25, 0.3) is 0 Å². The number of esters is 1. The maximum Gasteiger partial charge on any atom is 0.338 e. The topological polar surface area (TPSA) is 66.4 Å². The van der Waals surface area contributed by atoms with E-state index in [1.54, 1.807) is 0 Å². The van der Waals surface area contributed by atoms with Gasteiger partial charge in [-0.2, -0.15) is 8.78 Å². The second kappa shape index (κ2) is 6.87. The third-order valence-corrected chi connectivity index (χ3v) is 4.17. The van der Waals surface area contributed by atoms with Crippen molar-refractivity contribution in [3.8, 4) is 0 Å². The standard InChI is InChI=1S/C13H12ClF2IO4/c1-6(2)10(13(15,16)12(19)20)21-11(18)7-3-4-8(14)9(17)5-7/h3-6,10H,1-2H3,(H,19,20)/p-1. The van der Waals surface area contributed by atoms with Crippen LogP contribution in [0.5, 0.6) is 0 Å². The molecule has 1 rings (SSSR count). The number of carbonyl (C=O) groups is 2. The first-order valence-corrected chi connectivity index (χ1v) is 7.28. The smallest absolute Gasteiger partial charge is 0.338 e. The Kier molecular flexibility index (Phi) is 5.92. The molecule has 1 unspecified atom stereocenters. The lowest BCUT2D eigenvalue weighted by Crippen LogP contribution is -2.53. The van der Waals surface area contributed by atoms with E-state index < -0.39 is 29.9 Å². The molecule has 0 amide bonds. The lowest BCUT2D eigenvalue weighted by molar-refractivity contribution is -0.337. The molecule has 1 aromatic rings. The zero-order valence-corrected chi connectivity index (χ0v) is 13.9. The van der Waals surface area contributed by atoms with Crippen molar-refractivity contribution in [1.82, 2.24) is 0 Å². The molecule has 0 N–H and O–H groups in total. The monoisotopic (exact) mass is 431 g/mol. The van der Waals surface area contributed by atoms with Crippen LogP contribution in [0.3, 0.4) is 0 Å². The summed E-state index contributed by atoms with van der Waals surface area (Å²) in [5, 5.41) is 10.9. The molecule has 0 saturated heterocycles. The summed E-state index contributed by atoms with van der Waals surface area (Å²) in [5.41, 5.74) is 0.00333. The van der Waals surface area contributed by atoms with E-state index in [0.29, 0.717) is 8.59 Å². The number of benzene rings is 1. The highest BCUT2D eigenvalue weighted by Gasteiger charge is 2.46. The van der Waals surface area contributed by atoms with Gasteiger partial charge in [-0.3, -0.25) is 0 Å². The summed E-state index contributed by atoms with van der Waals surface area (Å²) in [6.07, 6.45) is -2.12. The molecule has 4 nitrogen and oxygen atoms in total. The van der Waals surface area contributed by atoms with Crippen LogP contribution in [-0.4, -0.2) is 24.0 Å². The van der Waals surface area contributed by atoms with E-state index in [1.165, 1.54) is 32.0 Å². The zero-order chi connectivity index (χ0) is 16.4. The molecule has 0 bridgehead atoms. The molecule has 0 fully saturated rings. The minimum atomic E-state index is -4.27. The Hall–Kier alpha value is -0.960. The number of carboxylic acid groups (broad SMARTS) is 1. The fraction of sp³-hybridized carbons (Fsp3) is 0.385. The largest absolute Gasteiger partial charge is 0.544 e. The number of hydrogen-bond donors (Lipinski definition) is 0. The molecule has 0 heterocycles. The van der Waals surface area contributed by atoms with E-state index in [-0.39, 0.29) is 5.56 Å². The van der Waals surface area contributed by atoms with Gasteiger partial charge in [0.1, 0.15) is 5.97 Å². The van der Waals surface area contributed by atoms with E-state index >= 15 is 0 Å². The summed E-state index contributed by atoms with van der Waals surface area (Å²) in [6, 6.07) is 4.09. The van der Waals surface area contributed by atoms with Crippen molar-refractivity contribution >= 4 is 46.1 Å². The van der Waals surface area contributed by atoms with Gasteiger partial charge in [-0.15, -0.1) is 0 Å². The Morgan fingerprint density at radius 3 is 2.38 bits per heavy atom. The lowest BCUT2D eigenvalue weighted by Gasteiger charge is -2.30. The fourth-order valence-corrected chi connectivity index (χ4v) is 2.18. The summed E-state index contributed by atoms with van der Waals surface area (Å²) in [5.74, 6) is -8.82. The summed E-state index contributed by atoms with van der Waals surface area (Å²) in [6.45, 7) is 2.64. The van der Waals surface area contributed by atoms with Gasteiger partial charge in [0.2, 0.25) is 0 Å². The number of hydrogen-bond acceptors (Lipinski definition) is 4. The first-order chi connectivity index (χ1) is 9.57. The lowest BCUT2D eigenvalue weighted by atomic mass is 10.0. The molecule has 1 atom stereocenters. The third-order valence-electron chi connectivity index (χ3n) is 2.62. The Bertz CT molecular complexity index is 563. The molecule has 1 aromatic carbocycles. The highest BCUT2D eigenvalue weighted by Crippen LogP contribution is 2.28. The SMILES string of the molecule is CC(C)C(OC(=O)c1ccc(Cl)c(I)c1)C(F)(F)C(=O)[O-]. The number of carboxylic acids is 1. The molecule has 0 aliphatic rings. The van der Waals surface area contributed by atoms with Gasteiger partial charge in [0, 0.05) is 3.57 Å². The second-order valence-electron chi connectivity index (χ2n) is 4.61. The maximum atomic E-state index is 13.5. The maximum absolute atomic E-state index is 13.5. The summed E-state index contributed by atoms with van der Waals surface area (Å²) < 4.78 is 32.2. The molecule has 0 spiro atoms. The molecule has 8 heteroatoms. The Morgan fingerprint density at radius 2 is 1.95 bits per heavy atom. The third kappa shape index (κ3) is 4.26. The molecule has 116 valence electrons. The average Bonchev–Trinajstić information content (AvgIpc) is 2.38. The van der Waals surface area contributed by atoms with Crippen molar-refractivity contribution < 1.29 is 28.2 Å². The highest BCUT2D eigenvalue weighted by atomic mass is 127. The number of alkyl halides is 2. The number of halogens is 4. The van der Waals surface area contributed by atoms with E-state index in [0.717, 1.165) is 0 Å². The van der Waals surface area contributed by atoms with Gasteiger partial charge in [-0.25, -0.2) is 4.79 Å². The van der Waals surface area contributed by atoms with Gasteiger partial charge in [0.05, 0.1) is 10.6 Å². The molecular weight excluding hydrogens is 420 g/mol.